The maximum atomic E-state index is 12.8. The van der Waals surface area contributed by atoms with Crippen molar-refractivity contribution >= 4 is 0 Å². The van der Waals surface area contributed by atoms with Gasteiger partial charge in [0.05, 0.1) is 5.56 Å². The van der Waals surface area contributed by atoms with Crippen LogP contribution in [0.1, 0.15) is 24.1 Å². The minimum Gasteiger partial charge on any atom is -0.271 e. The van der Waals surface area contributed by atoms with Crippen LogP contribution < -0.4 is 11.3 Å². The second-order valence-electron chi connectivity index (χ2n) is 3.12. The Bertz CT molecular complexity index is 348. The topological polar surface area (TPSA) is 38.0 Å². The van der Waals surface area contributed by atoms with Gasteiger partial charge in [0.1, 0.15) is 5.82 Å². The fraction of sp³-hybridized carbons (Fsp3) is 0.333. The summed E-state index contributed by atoms with van der Waals surface area (Å²) < 4.78 is 50.3. The van der Waals surface area contributed by atoms with Gasteiger partial charge in [-0.1, -0.05) is 0 Å². The first-order valence-corrected chi connectivity index (χ1v) is 4.19. The Morgan fingerprint density at radius 1 is 1.33 bits per heavy atom. The van der Waals surface area contributed by atoms with Gasteiger partial charge in [0.2, 0.25) is 0 Å². The normalized spacial score (nSPS) is 14.0. The van der Waals surface area contributed by atoms with E-state index in [1.165, 1.54) is 6.92 Å². The summed E-state index contributed by atoms with van der Waals surface area (Å²) in [5.74, 6) is 4.30. The van der Waals surface area contributed by atoms with Crippen LogP contribution in [0.25, 0.3) is 0 Å². The van der Waals surface area contributed by atoms with Crippen LogP contribution in [0.5, 0.6) is 0 Å². The van der Waals surface area contributed by atoms with E-state index < -0.39 is 23.6 Å². The Kier molecular flexibility index (Phi) is 3.31. The first-order chi connectivity index (χ1) is 6.86. The van der Waals surface area contributed by atoms with E-state index in [9.17, 15) is 17.6 Å². The van der Waals surface area contributed by atoms with Crippen molar-refractivity contribution in [3.8, 4) is 0 Å². The summed E-state index contributed by atoms with van der Waals surface area (Å²) in [6, 6.07) is 1.54. The van der Waals surface area contributed by atoms with E-state index >= 15 is 0 Å². The molecule has 6 heteroatoms. The van der Waals surface area contributed by atoms with Crippen molar-refractivity contribution in [2.45, 2.75) is 19.1 Å². The van der Waals surface area contributed by atoms with E-state index in [0.29, 0.717) is 6.07 Å². The largest absolute Gasteiger partial charge is 0.416 e. The standard InChI is InChI=1S/C9H10F4N2/c1-5(15-14)7-4-6(10)2-3-8(7)9(11,12)13/h2-5,15H,14H2,1H3. The van der Waals surface area contributed by atoms with Crippen molar-refractivity contribution in [1.29, 1.82) is 0 Å². The summed E-state index contributed by atoms with van der Waals surface area (Å²) in [5.41, 5.74) is 1.07. The number of hydrazine groups is 1. The third-order valence-corrected chi connectivity index (χ3v) is 2.04. The molecule has 0 radical (unpaired) electrons. The van der Waals surface area contributed by atoms with Crippen LogP contribution in [0, 0.1) is 5.82 Å². The van der Waals surface area contributed by atoms with Crippen LogP contribution in [-0.2, 0) is 6.18 Å². The average molecular weight is 222 g/mol. The Morgan fingerprint density at radius 3 is 2.40 bits per heavy atom. The van der Waals surface area contributed by atoms with Gasteiger partial charge in [-0.15, -0.1) is 0 Å². The van der Waals surface area contributed by atoms with Crippen molar-refractivity contribution < 1.29 is 17.6 Å². The Morgan fingerprint density at radius 2 is 1.93 bits per heavy atom. The molecule has 0 fully saturated rings. The molecule has 1 aromatic rings. The quantitative estimate of drug-likeness (QED) is 0.458. The number of benzene rings is 1. The smallest absolute Gasteiger partial charge is 0.271 e. The van der Waals surface area contributed by atoms with E-state index in [2.05, 4.69) is 5.43 Å². The molecule has 3 N–H and O–H groups in total. The summed E-state index contributed by atoms with van der Waals surface area (Å²) in [7, 11) is 0. The molecule has 0 saturated carbocycles. The first-order valence-electron chi connectivity index (χ1n) is 4.19. The van der Waals surface area contributed by atoms with E-state index in [4.69, 9.17) is 5.84 Å². The molecule has 0 aliphatic rings. The number of rotatable bonds is 2. The second kappa shape index (κ2) is 4.16. The predicted molar refractivity (Wildman–Crippen MR) is 47.1 cm³/mol. The molecule has 0 bridgehead atoms. The van der Waals surface area contributed by atoms with Gasteiger partial charge in [0, 0.05) is 6.04 Å². The van der Waals surface area contributed by atoms with Crippen LogP contribution in [-0.4, -0.2) is 0 Å². The molecule has 1 unspecified atom stereocenters. The highest BCUT2D eigenvalue weighted by atomic mass is 19.4. The number of alkyl halides is 3. The molecule has 0 spiro atoms. The zero-order valence-corrected chi connectivity index (χ0v) is 7.90. The number of nitrogens with two attached hydrogens (primary N) is 1. The first kappa shape index (κ1) is 11.9. The second-order valence-corrected chi connectivity index (χ2v) is 3.12. The summed E-state index contributed by atoms with van der Waals surface area (Å²) in [6.45, 7) is 1.42. The van der Waals surface area contributed by atoms with Gasteiger partial charge in [0.25, 0.3) is 0 Å². The van der Waals surface area contributed by atoms with Crippen LogP contribution in [0.2, 0.25) is 0 Å². The molecule has 0 amide bonds. The van der Waals surface area contributed by atoms with Gasteiger partial charge >= 0.3 is 6.18 Å². The van der Waals surface area contributed by atoms with E-state index in [1.54, 1.807) is 0 Å². The van der Waals surface area contributed by atoms with Gasteiger partial charge in [-0.3, -0.25) is 11.3 Å². The molecule has 0 heterocycles. The van der Waals surface area contributed by atoms with Gasteiger partial charge < -0.3 is 0 Å². The Labute approximate surface area is 84.0 Å². The predicted octanol–water partition coefficient (Wildman–Crippen LogP) is 2.37. The maximum absolute atomic E-state index is 12.8. The summed E-state index contributed by atoms with van der Waals surface area (Å²) in [4.78, 5) is 0. The lowest BCUT2D eigenvalue weighted by atomic mass is 10.0. The fourth-order valence-electron chi connectivity index (χ4n) is 1.24. The molecule has 84 valence electrons. The molecule has 0 aliphatic heterocycles. The van der Waals surface area contributed by atoms with Gasteiger partial charge in [-0.2, -0.15) is 13.2 Å². The molecule has 15 heavy (non-hydrogen) atoms. The Hall–Kier alpha value is -1.14. The van der Waals surface area contributed by atoms with E-state index in [1.807, 2.05) is 0 Å². The lowest BCUT2D eigenvalue weighted by Crippen LogP contribution is -2.27. The summed E-state index contributed by atoms with van der Waals surface area (Å²) in [6.07, 6.45) is -4.51. The highest BCUT2D eigenvalue weighted by molar-refractivity contribution is 5.32. The minimum atomic E-state index is -4.51. The van der Waals surface area contributed by atoms with Crippen LogP contribution in [0.3, 0.4) is 0 Å². The molecule has 1 atom stereocenters. The van der Waals surface area contributed by atoms with Crippen LogP contribution in [0.4, 0.5) is 17.6 Å². The fourth-order valence-corrected chi connectivity index (χ4v) is 1.24. The number of nitrogens with one attached hydrogen (secondary N) is 1. The molecule has 1 aromatic carbocycles. The van der Waals surface area contributed by atoms with Crippen molar-refractivity contribution in [1.82, 2.24) is 5.43 Å². The molecule has 0 aromatic heterocycles. The number of halogens is 4. The molecule has 2 nitrogen and oxygen atoms in total. The highest BCUT2D eigenvalue weighted by Crippen LogP contribution is 2.34. The average Bonchev–Trinajstić information content (AvgIpc) is 2.14. The minimum absolute atomic E-state index is 0.204. The highest BCUT2D eigenvalue weighted by Gasteiger charge is 2.34. The van der Waals surface area contributed by atoms with E-state index in [0.717, 1.165) is 12.1 Å². The van der Waals surface area contributed by atoms with Crippen molar-refractivity contribution in [2.75, 3.05) is 0 Å². The summed E-state index contributed by atoms with van der Waals surface area (Å²) in [5, 5.41) is 0. The van der Waals surface area contributed by atoms with Crippen molar-refractivity contribution in [3.05, 3.63) is 35.1 Å². The Balaban J connectivity index is 3.27. The van der Waals surface area contributed by atoms with Gasteiger partial charge in [0.15, 0.2) is 0 Å². The van der Waals surface area contributed by atoms with Crippen molar-refractivity contribution in [2.24, 2.45) is 5.84 Å². The number of hydrogen-bond donors (Lipinski definition) is 2. The van der Waals surface area contributed by atoms with Crippen LogP contribution in [0.15, 0.2) is 18.2 Å². The lowest BCUT2D eigenvalue weighted by Gasteiger charge is -2.17. The molecule has 0 saturated heterocycles. The molecule has 0 aliphatic carbocycles. The van der Waals surface area contributed by atoms with Gasteiger partial charge in [-0.25, -0.2) is 4.39 Å². The zero-order valence-electron chi connectivity index (χ0n) is 7.90. The number of hydrogen-bond acceptors (Lipinski definition) is 2. The SMILES string of the molecule is CC(NN)c1cc(F)ccc1C(F)(F)F. The summed E-state index contributed by atoms with van der Waals surface area (Å²) >= 11 is 0. The van der Waals surface area contributed by atoms with Gasteiger partial charge in [-0.05, 0) is 30.7 Å². The lowest BCUT2D eigenvalue weighted by molar-refractivity contribution is -0.138. The monoisotopic (exact) mass is 222 g/mol. The molecular weight excluding hydrogens is 212 g/mol. The molecule has 1 rings (SSSR count). The third kappa shape index (κ3) is 2.66. The van der Waals surface area contributed by atoms with Crippen LogP contribution >= 0.6 is 0 Å². The zero-order chi connectivity index (χ0) is 11.6. The van der Waals surface area contributed by atoms with Crippen molar-refractivity contribution in [3.63, 3.8) is 0 Å². The van der Waals surface area contributed by atoms with E-state index in [-0.39, 0.29) is 5.56 Å². The maximum Gasteiger partial charge on any atom is 0.416 e. The third-order valence-electron chi connectivity index (χ3n) is 2.04. The molecular formula is C9H10F4N2.